The van der Waals surface area contributed by atoms with Crippen molar-refractivity contribution in [3.05, 3.63) is 12.3 Å². The monoisotopic (exact) mass is 248 g/mol. The van der Waals surface area contributed by atoms with Crippen LogP contribution in [0.25, 0.3) is 0 Å². The SMILES string of the molecule is CN1C2CCC1CN(c1ccnc(NN)n1)CC2. The first-order valence-electron chi connectivity index (χ1n) is 6.54. The molecule has 1 aromatic heterocycles. The van der Waals surface area contributed by atoms with Crippen molar-refractivity contribution in [1.29, 1.82) is 0 Å². The normalized spacial score (nSPS) is 28.2. The van der Waals surface area contributed by atoms with Crippen molar-refractivity contribution >= 4 is 11.8 Å². The summed E-state index contributed by atoms with van der Waals surface area (Å²) >= 11 is 0. The molecule has 2 saturated heterocycles. The van der Waals surface area contributed by atoms with Gasteiger partial charge in [0, 0.05) is 31.4 Å². The van der Waals surface area contributed by atoms with Crippen LogP contribution in [-0.4, -0.2) is 47.1 Å². The highest BCUT2D eigenvalue weighted by atomic mass is 15.3. The van der Waals surface area contributed by atoms with Gasteiger partial charge in [-0.3, -0.25) is 10.3 Å². The summed E-state index contributed by atoms with van der Waals surface area (Å²) in [6.07, 6.45) is 5.60. The molecule has 0 aromatic carbocycles. The van der Waals surface area contributed by atoms with Gasteiger partial charge >= 0.3 is 0 Å². The van der Waals surface area contributed by atoms with Crippen LogP contribution in [0, 0.1) is 0 Å². The van der Waals surface area contributed by atoms with E-state index in [1.54, 1.807) is 6.20 Å². The lowest BCUT2D eigenvalue weighted by atomic mass is 10.1. The fourth-order valence-electron chi connectivity index (χ4n) is 3.11. The summed E-state index contributed by atoms with van der Waals surface area (Å²) in [6.45, 7) is 2.11. The van der Waals surface area contributed by atoms with E-state index in [4.69, 9.17) is 5.84 Å². The Morgan fingerprint density at radius 3 is 3.00 bits per heavy atom. The maximum atomic E-state index is 5.36. The third-order valence-electron chi connectivity index (χ3n) is 4.24. The maximum Gasteiger partial charge on any atom is 0.239 e. The lowest BCUT2D eigenvalue weighted by Gasteiger charge is -2.26. The number of anilines is 2. The van der Waals surface area contributed by atoms with Crippen LogP contribution in [0.5, 0.6) is 0 Å². The molecule has 0 radical (unpaired) electrons. The fourth-order valence-corrected chi connectivity index (χ4v) is 3.11. The highest BCUT2D eigenvalue weighted by Crippen LogP contribution is 2.30. The highest BCUT2D eigenvalue weighted by Gasteiger charge is 2.34. The molecule has 3 rings (SSSR count). The Morgan fingerprint density at radius 2 is 2.17 bits per heavy atom. The van der Waals surface area contributed by atoms with Crippen molar-refractivity contribution in [1.82, 2.24) is 14.9 Å². The third kappa shape index (κ3) is 2.02. The molecule has 6 heteroatoms. The molecule has 3 heterocycles. The van der Waals surface area contributed by atoms with Crippen molar-refractivity contribution in [3.8, 4) is 0 Å². The quantitative estimate of drug-likeness (QED) is 0.584. The predicted molar refractivity (Wildman–Crippen MR) is 71.2 cm³/mol. The van der Waals surface area contributed by atoms with Gasteiger partial charge in [0.2, 0.25) is 5.95 Å². The standard InChI is InChI=1S/C12H20N6/c1-17-9-2-3-10(17)8-18(7-5-9)11-4-6-14-12(15-11)16-13/h4,6,9-10H,2-3,5,7-8,13H2,1H3,(H,14,15,16). The van der Waals surface area contributed by atoms with Crippen molar-refractivity contribution in [2.45, 2.75) is 31.3 Å². The number of rotatable bonds is 2. The van der Waals surface area contributed by atoms with Gasteiger partial charge in [0.25, 0.3) is 0 Å². The Bertz CT molecular complexity index is 423. The zero-order valence-electron chi connectivity index (χ0n) is 10.7. The molecule has 2 atom stereocenters. The van der Waals surface area contributed by atoms with Crippen molar-refractivity contribution in [3.63, 3.8) is 0 Å². The Balaban J connectivity index is 1.80. The van der Waals surface area contributed by atoms with Crippen LogP contribution in [0.4, 0.5) is 11.8 Å². The van der Waals surface area contributed by atoms with Crippen molar-refractivity contribution in [2.24, 2.45) is 5.84 Å². The van der Waals surface area contributed by atoms with Crippen LogP contribution >= 0.6 is 0 Å². The maximum absolute atomic E-state index is 5.36. The van der Waals surface area contributed by atoms with Gasteiger partial charge in [-0.2, -0.15) is 4.98 Å². The number of nitrogens with zero attached hydrogens (tertiary/aromatic N) is 4. The number of hydrogen-bond acceptors (Lipinski definition) is 6. The van der Waals surface area contributed by atoms with Gasteiger partial charge in [-0.25, -0.2) is 10.8 Å². The summed E-state index contributed by atoms with van der Waals surface area (Å²) in [6, 6.07) is 3.36. The molecule has 2 aliphatic rings. The van der Waals surface area contributed by atoms with Crippen LogP contribution in [0.3, 0.4) is 0 Å². The number of aromatic nitrogens is 2. The highest BCUT2D eigenvalue weighted by molar-refractivity contribution is 5.42. The predicted octanol–water partition coefficient (Wildman–Crippen LogP) is 0.435. The topological polar surface area (TPSA) is 70.3 Å². The van der Waals surface area contributed by atoms with Crippen LogP contribution in [0.2, 0.25) is 0 Å². The van der Waals surface area contributed by atoms with E-state index in [1.807, 2.05) is 6.07 Å². The lowest BCUT2D eigenvalue weighted by Crippen LogP contribution is -2.37. The van der Waals surface area contributed by atoms with Crippen LogP contribution in [-0.2, 0) is 0 Å². The second-order valence-corrected chi connectivity index (χ2v) is 5.17. The summed E-state index contributed by atoms with van der Waals surface area (Å²) in [5.74, 6) is 6.81. The fraction of sp³-hybridized carbons (Fsp3) is 0.667. The van der Waals surface area contributed by atoms with E-state index >= 15 is 0 Å². The summed E-state index contributed by atoms with van der Waals surface area (Å²) in [4.78, 5) is 13.4. The minimum Gasteiger partial charge on any atom is -0.355 e. The first-order chi connectivity index (χ1) is 8.78. The minimum absolute atomic E-state index is 0.482. The number of fused-ring (bicyclic) bond motifs is 2. The van der Waals surface area contributed by atoms with Crippen molar-refractivity contribution in [2.75, 3.05) is 30.5 Å². The molecule has 2 bridgehead atoms. The zero-order valence-corrected chi connectivity index (χ0v) is 10.7. The molecule has 2 fully saturated rings. The van der Waals surface area contributed by atoms with E-state index in [0.717, 1.165) is 24.9 Å². The molecular formula is C12H20N6. The summed E-state index contributed by atoms with van der Waals surface area (Å²) in [7, 11) is 2.25. The molecule has 98 valence electrons. The third-order valence-corrected chi connectivity index (χ3v) is 4.24. The summed E-state index contributed by atoms with van der Waals surface area (Å²) < 4.78 is 0. The molecule has 0 amide bonds. The lowest BCUT2D eigenvalue weighted by molar-refractivity contribution is 0.254. The second kappa shape index (κ2) is 4.70. The van der Waals surface area contributed by atoms with Gasteiger partial charge < -0.3 is 4.90 Å². The Hall–Kier alpha value is -1.40. The molecular weight excluding hydrogens is 228 g/mol. The van der Waals surface area contributed by atoms with E-state index < -0.39 is 0 Å². The molecule has 2 aliphatic heterocycles. The second-order valence-electron chi connectivity index (χ2n) is 5.17. The Kier molecular flexibility index (Phi) is 3.05. The summed E-state index contributed by atoms with van der Waals surface area (Å²) in [5, 5.41) is 0. The van der Waals surface area contributed by atoms with E-state index in [2.05, 4.69) is 32.2 Å². The Morgan fingerprint density at radius 1 is 1.33 bits per heavy atom. The summed E-state index contributed by atoms with van der Waals surface area (Å²) in [5.41, 5.74) is 2.51. The van der Waals surface area contributed by atoms with Crippen LogP contribution in [0.15, 0.2) is 12.3 Å². The van der Waals surface area contributed by atoms with Crippen LogP contribution in [0.1, 0.15) is 19.3 Å². The van der Waals surface area contributed by atoms with Gasteiger partial charge in [0.15, 0.2) is 0 Å². The van der Waals surface area contributed by atoms with E-state index in [0.29, 0.717) is 12.0 Å². The van der Waals surface area contributed by atoms with Gasteiger partial charge in [0.1, 0.15) is 5.82 Å². The molecule has 0 aliphatic carbocycles. The van der Waals surface area contributed by atoms with Gasteiger partial charge in [0.05, 0.1) is 0 Å². The number of likely N-dealkylation sites (N-methyl/N-ethyl adjacent to an activating group) is 1. The number of hydrazine groups is 1. The average Bonchev–Trinajstić information content (AvgIpc) is 2.63. The van der Waals surface area contributed by atoms with Gasteiger partial charge in [-0.1, -0.05) is 0 Å². The molecule has 0 saturated carbocycles. The Labute approximate surface area is 107 Å². The first kappa shape index (κ1) is 11.7. The van der Waals surface area contributed by atoms with Crippen LogP contribution < -0.4 is 16.2 Å². The van der Waals surface area contributed by atoms with Gasteiger partial charge in [-0.15, -0.1) is 0 Å². The number of nitrogen functional groups attached to an aromatic ring is 1. The first-order valence-corrected chi connectivity index (χ1v) is 6.54. The largest absolute Gasteiger partial charge is 0.355 e. The number of hydrogen-bond donors (Lipinski definition) is 2. The minimum atomic E-state index is 0.482. The van der Waals surface area contributed by atoms with Gasteiger partial charge in [-0.05, 0) is 32.4 Å². The molecule has 2 unspecified atom stereocenters. The number of nitrogens with two attached hydrogens (primary N) is 1. The molecule has 6 nitrogen and oxygen atoms in total. The molecule has 3 N–H and O–H groups in total. The number of nitrogens with one attached hydrogen (secondary N) is 1. The van der Waals surface area contributed by atoms with Crippen molar-refractivity contribution < 1.29 is 0 Å². The molecule has 18 heavy (non-hydrogen) atoms. The smallest absolute Gasteiger partial charge is 0.239 e. The molecule has 0 spiro atoms. The van der Waals surface area contributed by atoms with E-state index in [9.17, 15) is 0 Å². The average molecular weight is 248 g/mol. The van der Waals surface area contributed by atoms with E-state index in [1.165, 1.54) is 19.3 Å². The molecule has 1 aromatic rings. The van der Waals surface area contributed by atoms with E-state index in [-0.39, 0.29) is 0 Å². The zero-order chi connectivity index (χ0) is 12.5.